The van der Waals surface area contributed by atoms with Crippen molar-refractivity contribution in [3.05, 3.63) is 60.2 Å². The number of aryl methyl sites for hydroxylation is 1. The average molecular weight is 313 g/mol. The molecule has 121 valence electrons. The molecule has 4 aromatic rings. The fourth-order valence-corrected chi connectivity index (χ4v) is 4.01. The van der Waals surface area contributed by atoms with Crippen LogP contribution in [0, 0.1) is 6.07 Å². The lowest BCUT2D eigenvalue weighted by Gasteiger charge is -2.13. The highest BCUT2D eigenvalue weighted by Gasteiger charge is 2.10. The highest BCUT2D eigenvalue weighted by Crippen LogP contribution is 2.36. The fourth-order valence-electron chi connectivity index (χ4n) is 4.01. The lowest BCUT2D eigenvalue weighted by molar-refractivity contribution is 0.608. The monoisotopic (exact) mass is 313 g/mol. The molecule has 0 spiro atoms. The zero-order valence-electron chi connectivity index (χ0n) is 14.6. The Labute approximate surface area is 144 Å². The Morgan fingerprint density at radius 1 is 0.708 bits per heavy atom. The van der Waals surface area contributed by atoms with E-state index in [1.54, 1.807) is 0 Å². The van der Waals surface area contributed by atoms with Crippen LogP contribution in [-0.4, -0.2) is 0 Å². The first-order valence-electron chi connectivity index (χ1n) is 9.45. The zero-order chi connectivity index (χ0) is 16.4. The van der Waals surface area contributed by atoms with Gasteiger partial charge in [-0.2, -0.15) is 0 Å². The molecule has 0 heterocycles. The first kappa shape index (κ1) is 15.4. The molecule has 0 unspecified atom stereocenters. The largest absolute Gasteiger partial charge is 0.0654 e. The quantitative estimate of drug-likeness (QED) is 0.248. The van der Waals surface area contributed by atoms with E-state index in [-0.39, 0.29) is 0 Å². The van der Waals surface area contributed by atoms with Crippen LogP contribution in [0.15, 0.2) is 48.5 Å². The second kappa shape index (κ2) is 6.81. The minimum Gasteiger partial charge on any atom is -0.0654 e. The second-order valence-electron chi connectivity index (χ2n) is 7.01. The predicted octanol–water partition coefficient (Wildman–Crippen LogP) is 7.29. The Balaban J connectivity index is 1.67. The van der Waals surface area contributed by atoms with Crippen molar-refractivity contribution in [2.75, 3.05) is 0 Å². The second-order valence-corrected chi connectivity index (χ2v) is 7.01. The SMILES string of the molecule is CCCCCCCCc1[c]cc2ccc3cccc4ccc1c2c34. The van der Waals surface area contributed by atoms with Crippen molar-refractivity contribution >= 4 is 32.3 Å². The highest BCUT2D eigenvalue weighted by atomic mass is 14.1. The van der Waals surface area contributed by atoms with Gasteiger partial charge in [-0.1, -0.05) is 81.5 Å². The van der Waals surface area contributed by atoms with Crippen molar-refractivity contribution in [3.63, 3.8) is 0 Å². The molecule has 4 rings (SSSR count). The van der Waals surface area contributed by atoms with Gasteiger partial charge in [0, 0.05) is 0 Å². The van der Waals surface area contributed by atoms with E-state index in [2.05, 4.69) is 61.5 Å². The van der Waals surface area contributed by atoms with Gasteiger partial charge in [-0.15, -0.1) is 0 Å². The number of rotatable bonds is 7. The molecule has 0 saturated heterocycles. The third-order valence-electron chi connectivity index (χ3n) is 5.32. The maximum Gasteiger partial charge on any atom is -0.00236 e. The van der Waals surface area contributed by atoms with Gasteiger partial charge >= 0.3 is 0 Å². The Bertz CT molecular complexity index is 932. The molecule has 0 aliphatic carbocycles. The van der Waals surface area contributed by atoms with Gasteiger partial charge < -0.3 is 0 Å². The van der Waals surface area contributed by atoms with Gasteiger partial charge in [-0.3, -0.25) is 0 Å². The van der Waals surface area contributed by atoms with E-state index in [9.17, 15) is 0 Å². The predicted molar refractivity (Wildman–Crippen MR) is 106 cm³/mol. The van der Waals surface area contributed by atoms with Crippen molar-refractivity contribution < 1.29 is 0 Å². The zero-order valence-corrected chi connectivity index (χ0v) is 14.6. The smallest absolute Gasteiger partial charge is 0.00236 e. The molecule has 0 N–H and O–H groups in total. The summed E-state index contributed by atoms with van der Waals surface area (Å²) in [5.74, 6) is 0. The molecule has 24 heavy (non-hydrogen) atoms. The summed E-state index contributed by atoms with van der Waals surface area (Å²) in [7, 11) is 0. The van der Waals surface area contributed by atoms with Crippen molar-refractivity contribution in [2.24, 2.45) is 0 Å². The highest BCUT2D eigenvalue weighted by molar-refractivity contribution is 6.23. The van der Waals surface area contributed by atoms with Gasteiger partial charge in [0.15, 0.2) is 0 Å². The number of hydrogen-bond donors (Lipinski definition) is 0. The molecule has 0 aliphatic rings. The van der Waals surface area contributed by atoms with E-state index in [1.165, 1.54) is 76.4 Å². The van der Waals surface area contributed by atoms with Crippen molar-refractivity contribution in [2.45, 2.75) is 51.9 Å². The van der Waals surface area contributed by atoms with Crippen LogP contribution in [0.5, 0.6) is 0 Å². The fraction of sp³-hybridized carbons (Fsp3) is 0.333. The summed E-state index contributed by atoms with van der Waals surface area (Å²) in [4.78, 5) is 0. The molecule has 0 aromatic heterocycles. The molecular weight excluding hydrogens is 288 g/mol. The maximum absolute atomic E-state index is 3.58. The Kier molecular flexibility index (Phi) is 4.38. The van der Waals surface area contributed by atoms with E-state index in [4.69, 9.17) is 0 Å². The van der Waals surface area contributed by atoms with Crippen molar-refractivity contribution in [1.29, 1.82) is 0 Å². The summed E-state index contributed by atoms with van der Waals surface area (Å²) in [5.41, 5.74) is 1.40. The summed E-state index contributed by atoms with van der Waals surface area (Å²) in [6.07, 6.45) is 9.24. The minimum absolute atomic E-state index is 1.15. The third-order valence-corrected chi connectivity index (χ3v) is 5.32. The molecule has 0 heteroatoms. The Morgan fingerprint density at radius 2 is 1.42 bits per heavy atom. The molecule has 0 fully saturated rings. The number of benzene rings is 4. The van der Waals surface area contributed by atoms with Crippen LogP contribution in [0.3, 0.4) is 0 Å². The van der Waals surface area contributed by atoms with Crippen LogP contribution >= 0.6 is 0 Å². The van der Waals surface area contributed by atoms with Crippen LogP contribution in [0.25, 0.3) is 32.3 Å². The van der Waals surface area contributed by atoms with Gasteiger partial charge in [-0.25, -0.2) is 0 Å². The third kappa shape index (κ3) is 2.75. The minimum atomic E-state index is 1.15. The van der Waals surface area contributed by atoms with E-state index < -0.39 is 0 Å². The summed E-state index contributed by atoms with van der Waals surface area (Å²) in [6.45, 7) is 2.28. The first-order chi connectivity index (χ1) is 11.9. The van der Waals surface area contributed by atoms with Gasteiger partial charge in [0.25, 0.3) is 0 Å². The number of hydrogen-bond acceptors (Lipinski definition) is 0. The van der Waals surface area contributed by atoms with Crippen LogP contribution in [0.2, 0.25) is 0 Å². The van der Waals surface area contributed by atoms with Crippen LogP contribution in [0.4, 0.5) is 0 Å². The molecule has 1 radical (unpaired) electrons. The molecule has 0 aliphatic heterocycles. The normalized spacial score (nSPS) is 11.9. The molecule has 0 atom stereocenters. The van der Waals surface area contributed by atoms with E-state index in [0.717, 1.165) is 6.42 Å². The van der Waals surface area contributed by atoms with Crippen LogP contribution in [0.1, 0.15) is 51.0 Å². The van der Waals surface area contributed by atoms with Gasteiger partial charge in [0.05, 0.1) is 0 Å². The molecule has 0 nitrogen and oxygen atoms in total. The molecule has 0 saturated carbocycles. The van der Waals surface area contributed by atoms with Gasteiger partial charge in [0.1, 0.15) is 0 Å². The molecule has 0 amide bonds. The van der Waals surface area contributed by atoms with Crippen molar-refractivity contribution in [1.82, 2.24) is 0 Å². The lowest BCUT2D eigenvalue weighted by Crippen LogP contribution is -1.91. The maximum atomic E-state index is 3.58. The van der Waals surface area contributed by atoms with E-state index >= 15 is 0 Å². The summed E-state index contributed by atoms with van der Waals surface area (Å²) < 4.78 is 0. The average Bonchev–Trinajstić information content (AvgIpc) is 2.63. The van der Waals surface area contributed by atoms with E-state index in [1.807, 2.05) is 0 Å². The van der Waals surface area contributed by atoms with Gasteiger partial charge in [0.2, 0.25) is 0 Å². The van der Waals surface area contributed by atoms with Gasteiger partial charge in [-0.05, 0) is 62.9 Å². The molecule has 4 aromatic carbocycles. The first-order valence-corrected chi connectivity index (χ1v) is 9.45. The topological polar surface area (TPSA) is 0 Å². The van der Waals surface area contributed by atoms with Crippen molar-refractivity contribution in [3.8, 4) is 0 Å². The Morgan fingerprint density at radius 3 is 2.25 bits per heavy atom. The standard InChI is InChI=1S/C24H25/c1-2-3-4-5-6-7-9-18-12-13-21-15-14-19-10-8-11-20-16-17-22(18)24(21)23(19)20/h8,10-11,13-17H,2-7,9H2,1H3. The summed E-state index contributed by atoms with van der Waals surface area (Å²) in [6, 6.07) is 21.5. The Hall–Kier alpha value is -2.08. The van der Waals surface area contributed by atoms with E-state index in [0.29, 0.717) is 0 Å². The molecular formula is C24H25. The lowest BCUT2D eigenvalue weighted by atomic mass is 9.90. The number of unbranched alkanes of at least 4 members (excludes halogenated alkanes) is 5. The summed E-state index contributed by atoms with van der Waals surface area (Å²) in [5, 5.41) is 8.28. The molecule has 0 bridgehead atoms. The van der Waals surface area contributed by atoms with Crippen LogP contribution < -0.4 is 0 Å². The van der Waals surface area contributed by atoms with Crippen LogP contribution in [-0.2, 0) is 6.42 Å². The summed E-state index contributed by atoms with van der Waals surface area (Å²) >= 11 is 0.